The average molecular weight is 368 g/mol. The molecule has 134 valence electrons. The summed E-state index contributed by atoms with van der Waals surface area (Å²) in [6.07, 6.45) is 1.77. The molecule has 1 fully saturated rings. The Morgan fingerprint density at radius 1 is 1.27 bits per heavy atom. The molecule has 1 atom stereocenters. The number of rotatable bonds is 3. The molecular formula is C20H20N2O3S. The van der Waals surface area contributed by atoms with Gasteiger partial charge in [-0.3, -0.25) is 9.59 Å². The summed E-state index contributed by atoms with van der Waals surface area (Å²) in [6, 6.07) is 11.1. The van der Waals surface area contributed by atoms with Crippen LogP contribution in [0.4, 0.5) is 0 Å². The lowest BCUT2D eigenvalue weighted by atomic mass is 10.0. The number of furan rings is 1. The van der Waals surface area contributed by atoms with Crippen molar-refractivity contribution in [3.63, 3.8) is 0 Å². The Morgan fingerprint density at radius 3 is 2.96 bits per heavy atom. The number of amides is 2. The van der Waals surface area contributed by atoms with Gasteiger partial charge in [-0.1, -0.05) is 6.07 Å². The van der Waals surface area contributed by atoms with E-state index >= 15 is 0 Å². The normalized spacial score (nSPS) is 17.4. The lowest BCUT2D eigenvalue weighted by Gasteiger charge is -2.33. The highest BCUT2D eigenvalue weighted by Gasteiger charge is 2.26. The Hall–Kier alpha value is -2.60. The van der Waals surface area contributed by atoms with Crippen LogP contribution in [-0.2, 0) is 0 Å². The lowest BCUT2D eigenvalue weighted by molar-refractivity contribution is 0.0680. The molecule has 1 saturated heterocycles. The topological polar surface area (TPSA) is 62.6 Å². The number of likely N-dealkylation sites (tertiary alicyclic amines) is 1. The molecule has 4 rings (SSSR count). The van der Waals surface area contributed by atoms with Crippen molar-refractivity contribution in [3.05, 3.63) is 58.0 Å². The number of benzene rings is 1. The molecule has 2 aromatic heterocycles. The first-order valence-corrected chi connectivity index (χ1v) is 9.62. The van der Waals surface area contributed by atoms with Crippen molar-refractivity contribution >= 4 is 34.1 Å². The largest absolute Gasteiger partial charge is 0.461 e. The smallest absolute Gasteiger partial charge is 0.263 e. The van der Waals surface area contributed by atoms with E-state index in [1.165, 1.54) is 11.3 Å². The fourth-order valence-electron chi connectivity index (χ4n) is 3.42. The number of piperidine rings is 1. The van der Waals surface area contributed by atoms with E-state index in [1.54, 1.807) is 6.07 Å². The van der Waals surface area contributed by atoms with Crippen LogP contribution in [0.2, 0.25) is 0 Å². The molecule has 6 heteroatoms. The van der Waals surface area contributed by atoms with Gasteiger partial charge in [0.1, 0.15) is 11.3 Å². The van der Waals surface area contributed by atoms with E-state index in [-0.39, 0.29) is 17.9 Å². The minimum absolute atomic E-state index is 0.0260. The Bertz CT molecular complexity index is 945. The van der Waals surface area contributed by atoms with Gasteiger partial charge >= 0.3 is 0 Å². The molecule has 1 aliphatic heterocycles. The van der Waals surface area contributed by atoms with Gasteiger partial charge in [-0.2, -0.15) is 0 Å². The van der Waals surface area contributed by atoms with Gasteiger partial charge in [0.15, 0.2) is 0 Å². The van der Waals surface area contributed by atoms with Crippen LogP contribution in [0.3, 0.4) is 0 Å². The van der Waals surface area contributed by atoms with E-state index in [1.807, 2.05) is 47.5 Å². The van der Waals surface area contributed by atoms with Crippen LogP contribution >= 0.6 is 11.3 Å². The Labute approximate surface area is 155 Å². The molecule has 0 bridgehead atoms. The average Bonchev–Trinajstić information content (AvgIpc) is 3.29. The van der Waals surface area contributed by atoms with Gasteiger partial charge in [-0.25, -0.2) is 0 Å². The summed E-state index contributed by atoms with van der Waals surface area (Å²) in [6.45, 7) is 3.18. The van der Waals surface area contributed by atoms with Crippen molar-refractivity contribution in [2.24, 2.45) is 0 Å². The van der Waals surface area contributed by atoms with Gasteiger partial charge in [0.05, 0.1) is 4.88 Å². The van der Waals surface area contributed by atoms with Crippen LogP contribution in [0.5, 0.6) is 0 Å². The van der Waals surface area contributed by atoms with Crippen molar-refractivity contribution < 1.29 is 14.0 Å². The summed E-state index contributed by atoms with van der Waals surface area (Å²) in [5.41, 5.74) is 1.39. The van der Waals surface area contributed by atoms with Crippen LogP contribution in [0.25, 0.3) is 11.0 Å². The second-order valence-electron chi connectivity index (χ2n) is 6.65. The number of fused-ring (bicyclic) bond motifs is 1. The zero-order valence-corrected chi connectivity index (χ0v) is 15.3. The molecule has 1 N–H and O–H groups in total. The summed E-state index contributed by atoms with van der Waals surface area (Å²) in [4.78, 5) is 27.7. The van der Waals surface area contributed by atoms with Crippen molar-refractivity contribution in [1.29, 1.82) is 0 Å². The summed E-state index contributed by atoms with van der Waals surface area (Å²) >= 11 is 1.45. The van der Waals surface area contributed by atoms with Gasteiger partial charge in [0.25, 0.3) is 11.8 Å². The molecule has 2 amide bonds. The molecule has 0 unspecified atom stereocenters. The van der Waals surface area contributed by atoms with Gasteiger partial charge < -0.3 is 14.6 Å². The molecule has 0 radical (unpaired) electrons. The molecule has 26 heavy (non-hydrogen) atoms. The number of hydrogen-bond acceptors (Lipinski definition) is 4. The first kappa shape index (κ1) is 16.8. The molecule has 0 spiro atoms. The molecule has 3 aromatic rings. The van der Waals surface area contributed by atoms with Gasteiger partial charge in [0.2, 0.25) is 0 Å². The number of carbonyl (C=O) groups excluding carboxylic acids is 2. The van der Waals surface area contributed by atoms with E-state index in [0.29, 0.717) is 12.1 Å². The maximum atomic E-state index is 12.6. The highest BCUT2D eigenvalue weighted by atomic mass is 32.1. The maximum absolute atomic E-state index is 12.6. The standard InChI is InChI=1S/C20H20N2O3S/c1-13-10-15-11-14(6-7-17(15)25-13)19(23)21-16-4-2-8-22(12-16)20(24)18-5-3-9-26-18/h3,5-7,9-11,16H,2,4,8,12H2,1H3,(H,21,23)/t16-/m1/s1. The molecule has 0 aliphatic carbocycles. The second-order valence-corrected chi connectivity index (χ2v) is 7.60. The van der Waals surface area contributed by atoms with Crippen LogP contribution in [0.1, 0.15) is 38.6 Å². The first-order chi connectivity index (χ1) is 12.6. The predicted octanol–water partition coefficient (Wildman–Crippen LogP) is 3.84. The third-order valence-electron chi connectivity index (χ3n) is 4.68. The quantitative estimate of drug-likeness (QED) is 0.764. The van der Waals surface area contributed by atoms with E-state index < -0.39 is 0 Å². The maximum Gasteiger partial charge on any atom is 0.263 e. The van der Waals surface area contributed by atoms with Crippen molar-refractivity contribution in [1.82, 2.24) is 10.2 Å². The molecule has 0 saturated carbocycles. The van der Waals surface area contributed by atoms with Gasteiger partial charge in [0, 0.05) is 30.1 Å². The number of thiophene rings is 1. The molecule has 1 aliphatic rings. The minimum Gasteiger partial charge on any atom is -0.461 e. The first-order valence-electron chi connectivity index (χ1n) is 8.74. The van der Waals surface area contributed by atoms with E-state index in [2.05, 4.69) is 5.32 Å². The fraction of sp³-hybridized carbons (Fsp3) is 0.300. The molecule has 1 aromatic carbocycles. The third-order valence-corrected chi connectivity index (χ3v) is 5.54. The third kappa shape index (κ3) is 3.37. The lowest BCUT2D eigenvalue weighted by Crippen LogP contribution is -2.49. The van der Waals surface area contributed by atoms with Crippen LogP contribution in [-0.4, -0.2) is 35.8 Å². The number of nitrogens with one attached hydrogen (secondary N) is 1. The summed E-state index contributed by atoms with van der Waals surface area (Å²) in [5, 5.41) is 5.91. The van der Waals surface area contributed by atoms with E-state index in [9.17, 15) is 9.59 Å². The van der Waals surface area contributed by atoms with Gasteiger partial charge in [-0.05, 0) is 55.5 Å². The van der Waals surface area contributed by atoms with E-state index in [4.69, 9.17) is 4.42 Å². The Balaban J connectivity index is 1.43. The number of nitrogens with zero attached hydrogens (tertiary/aromatic N) is 1. The summed E-state index contributed by atoms with van der Waals surface area (Å²) in [5.74, 6) is 0.767. The number of aryl methyl sites for hydroxylation is 1. The van der Waals surface area contributed by atoms with Crippen LogP contribution in [0, 0.1) is 6.92 Å². The summed E-state index contributed by atoms with van der Waals surface area (Å²) < 4.78 is 5.55. The highest BCUT2D eigenvalue weighted by Crippen LogP contribution is 2.21. The van der Waals surface area contributed by atoms with E-state index in [0.717, 1.165) is 41.0 Å². The van der Waals surface area contributed by atoms with Gasteiger partial charge in [-0.15, -0.1) is 11.3 Å². The molecule has 5 nitrogen and oxygen atoms in total. The molecule has 3 heterocycles. The van der Waals surface area contributed by atoms with Crippen LogP contribution < -0.4 is 5.32 Å². The van der Waals surface area contributed by atoms with Crippen LogP contribution in [0.15, 0.2) is 46.2 Å². The zero-order valence-electron chi connectivity index (χ0n) is 14.5. The second kappa shape index (κ2) is 6.96. The van der Waals surface area contributed by atoms with Crippen molar-refractivity contribution in [2.45, 2.75) is 25.8 Å². The SMILES string of the molecule is Cc1cc2cc(C(=O)N[C@@H]3CCCN(C(=O)c4cccs4)C3)ccc2o1. The number of carbonyl (C=O) groups is 2. The minimum atomic E-state index is -0.110. The predicted molar refractivity (Wildman–Crippen MR) is 102 cm³/mol. The highest BCUT2D eigenvalue weighted by molar-refractivity contribution is 7.12. The monoisotopic (exact) mass is 368 g/mol. The Morgan fingerprint density at radius 2 is 2.15 bits per heavy atom. The zero-order chi connectivity index (χ0) is 18.1. The fourth-order valence-corrected chi connectivity index (χ4v) is 4.11. The number of hydrogen-bond donors (Lipinski definition) is 1. The Kier molecular flexibility index (Phi) is 4.51. The van der Waals surface area contributed by atoms with Crippen molar-refractivity contribution in [2.75, 3.05) is 13.1 Å². The molecular weight excluding hydrogens is 348 g/mol. The summed E-state index contributed by atoms with van der Waals surface area (Å²) in [7, 11) is 0. The van der Waals surface area contributed by atoms with Crippen molar-refractivity contribution in [3.8, 4) is 0 Å².